The number of nitrogens with zero attached hydrogens (tertiary/aromatic N) is 1. The van der Waals surface area contributed by atoms with Gasteiger partial charge in [0, 0.05) is 19.6 Å². The number of benzene rings is 2. The van der Waals surface area contributed by atoms with Gasteiger partial charge in [-0.05, 0) is 48.2 Å². The highest BCUT2D eigenvalue weighted by Crippen LogP contribution is 2.23. The highest BCUT2D eigenvalue weighted by Gasteiger charge is 2.13. The summed E-state index contributed by atoms with van der Waals surface area (Å²) in [7, 11) is 0. The molecule has 2 aromatic carbocycles. The Kier molecular flexibility index (Phi) is 6.05. The van der Waals surface area contributed by atoms with Crippen LogP contribution in [0.4, 0.5) is 0 Å². The molecule has 0 amide bonds. The first-order valence-corrected chi connectivity index (χ1v) is 8.74. The van der Waals surface area contributed by atoms with Crippen LogP contribution in [0.2, 0.25) is 0 Å². The first kappa shape index (κ1) is 16.7. The summed E-state index contributed by atoms with van der Waals surface area (Å²) >= 11 is 0. The van der Waals surface area contributed by atoms with Crippen LogP contribution in [-0.4, -0.2) is 31.1 Å². The second-order valence-corrected chi connectivity index (χ2v) is 6.22. The van der Waals surface area contributed by atoms with Gasteiger partial charge in [-0.15, -0.1) is 0 Å². The molecule has 3 nitrogen and oxygen atoms in total. The predicted octanol–water partition coefficient (Wildman–Crippen LogP) is 3.70. The van der Waals surface area contributed by atoms with Crippen LogP contribution in [0, 0.1) is 0 Å². The van der Waals surface area contributed by atoms with Gasteiger partial charge in [-0.2, -0.15) is 0 Å². The molecule has 126 valence electrons. The van der Waals surface area contributed by atoms with E-state index in [0.29, 0.717) is 13.2 Å². The Labute approximate surface area is 144 Å². The molecule has 2 aromatic rings. The third-order valence-electron chi connectivity index (χ3n) is 4.38. The second kappa shape index (κ2) is 8.67. The summed E-state index contributed by atoms with van der Waals surface area (Å²) in [6.07, 6.45) is 4.37. The van der Waals surface area contributed by atoms with E-state index < -0.39 is 0 Å². The van der Waals surface area contributed by atoms with Crippen LogP contribution < -0.4 is 10.5 Å². The Morgan fingerprint density at radius 3 is 2.46 bits per heavy atom. The maximum atomic E-state index is 5.65. The van der Waals surface area contributed by atoms with Crippen molar-refractivity contribution in [1.29, 1.82) is 0 Å². The quantitative estimate of drug-likeness (QED) is 0.790. The lowest BCUT2D eigenvalue weighted by molar-refractivity contribution is 0.293. The Bertz CT molecular complexity index is 649. The number of ether oxygens (including phenoxy) is 1. The van der Waals surface area contributed by atoms with Gasteiger partial charge >= 0.3 is 0 Å². The zero-order valence-electron chi connectivity index (χ0n) is 14.2. The third kappa shape index (κ3) is 4.70. The fourth-order valence-electron chi connectivity index (χ4n) is 2.99. The van der Waals surface area contributed by atoms with E-state index in [1.807, 2.05) is 0 Å². The minimum Gasteiger partial charge on any atom is -0.494 e. The third-order valence-corrected chi connectivity index (χ3v) is 4.38. The molecule has 3 heteroatoms. The van der Waals surface area contributed by atoms with Crippen LogP contribution >= 0.6 is 0 Å². The molecule has 24 heavy (non-hydrogen) atoms. The van der Waals surface area contributed by atoms with E-state index in [1.54, 1.807) is 0 Å². The normalized spacial score (nSPS) is 15.1. The van der Waals surface area contributed by atoms with Gasteiger partial charge in [0.15, 0.2) is 0 Å². The van der Waals surface area contributed by atoms with Crippen LogP contribution in [0.1, 0.15) is 24.0 Å². The number of hydrogen-bond donors (Lipinski definition) is 1. The van der Waals surface area contributed by atoms with Gasteiger partial charge in [0.05, 0.1) is 6.61 Å². The van der Waals surface area contributed by atoms with E-state index >= 15 is 0 Å². The van der Waals surface area contributed by atoms with Crippen molar-refractivity contribution < 1.29 is 4.74 Å². The van der Waals surface area contributed by atoms with E-state index in [1.165, 1.54) is 16.7 Å². The van der Waals surface area contributed by atoms with Crippen molar-refractivity contribution in [1.82, 2.24) is 4.90 Å². The summed E-state index contributed by atoms with van der Waals surface area (Å²) in [4.78, 5) is 2.48. The average Bonchev–Trinajstić information content (AvgIpc) is 2.65. The Hall–Kier alpha value is -2.10. The zero-order valence-corrected chi connectivity index (χ0v) is 14.2. The molecule has 0 atom stereocenters. The summed E-state index contributed by atoms with van der Waals surface area (Å²) in [5.74, 6) is 0.928. The lowest BCUT2D eigenvalue weighted by Crippen LogP contribution is -2.27. The maximum Gasteiger partial charge on any atom is 0.119 e. The summed E-state index contributed by atoms with van der Waals surface area (Å²) in [6.45, 7) is 4.47. The van der Waals surface area contributed by atoms with E-state index in [2.05, 4.69) is 65.6 Å². The Morgan fingerprint density at radius 1 is 1.00 bits per heavy atom. The highest BCUT2D eigenvalue weighted by molar-refractivity contribution is 5.66. The highest BCUT2D eigenvalue weighted by atomic mass is 16.5. The Morgan fingerprint density at radius 2 is 1.79 bits per heavy atom. The molecular formula is C21H26N2O. The molecule has 0 unspecified atom stereocenters. The number of rotatable bonds is 7. The molecule has 1 aliphatic heterocycles. The van der Waals surface area contributed by atoms with Crippen LogP contribution in [0.25, 0.3) is 5.57 Å². The van der Waals surface area contributed by atoms with E-state index in [4.69, 9.17) is 10.5 Å². The number of hydrogen-bond acceptors (Lipinski definition) is 3. The summed E-state index contributed by atoms with van der Waals surface area (Å²) in [6, 6.07) is 19.1. The molecule has 0 saturated heterocycles. The summed E-state index contributed by atoms with van der Waals surface area (Å²) in [5.41, 5.74) is 9.63. The van der Waals surface area contributed by atoms with Crippen molar-refractivity contribution in [2.24, 2.45) is 5.73 Å². The molecule has 2 N–H and O–H groups in total. The molecule has 0 aromatic heterocycles. The molecule has 0 aliphatic carbocycles. The molecule has 0 bridgehead atoms. The first-order chi connectivity index (χ1) is 11.8. The molecule has 0 fully saturated rings. The summed E-state index contributed by atoms with van der Waals surface area (Å²) < 4.78 is 5.65. The molecule has 0 radical (unpaired) electrons. The number of nitrogens with two attached hydrogens (primary N) is 1. The van der Waals surface area contributed by atoms with Crippen molar-refractivity contribution in [2.45, 2.75) is 19.4 Å². The van der Waals surface area contributed by atoms with Gasteiger partial charge in [0.25, 0.3) is 0 Å². The minimum atomic E-state index is 0.672. The minimum absolute atomic E-state index is 0.672. The van der Waals surface area contributed by atoms with Gasteiger partial charge in [0.1, 0.15) is 5.75 Å². The van der Waals surface area contributed by atoms with Gasteiger partial charge < -0.3 is 10.5 Å². The topological polar surface area (TPSA) is 38.5 Å². The zero-order chi connectivity index (χ0) is 16.6. The monoisotopic (exact) mass is 322 g/mol. The van der Waals surface area contributed by atoms with Crippen molar-refractivity contribution in [3.8, 4) is 5.75 Å². The van der Waals surface area contributed by atoms with Gasteiger partial charge in [0.2, 0.25) is 0 Å². The summed E-state index contributed by atoms with van der Waals surface area (Å²) in [5, 5.41) is 0. The standard InChI is InChI=1S/C21H26N2O/c22-13-4-16-24-21-9-7-18(8-10-21)17-23-14-11-20(12-15-23)19-5-2-1-3-6-19/h1-3,5-11H,4,12-17,22H2. The molecule has 0 spiro atoms. The van der Waals surface area contributed by atoms with Crippen LogP contribution in [-0.2, 0) is 6.54 Å². The van der Waals surface area contributed by atoms with Gasteiger partial charge in [-0.1, -0.05) is 48.5 Å². The average molecular weight is 322 g/mol. The molecule has 1 heterocycles. The van der Waals surface area contributed by atoms with Gasteiger partial charge in [-0.3, -0.25) is 4.90 Å². The molecular weight excluding hydrogens is 296 g/mol. The predicted molar refractivity (Wildman–Crippen MR) is 99.9 cm³/mol. The van der Waals surface area contributed by atoms with Gasteiger partial charge in [-0.25, -0.2) is 0 Å². The molecule has 0 saturated carbocycles. The van der Waals surface area contributed by atoms with Crippen molar-refractivity contribution >= 4 is 5.57 Å². The fourth-order valence-corrected chi connectivity index (χ4v) is 2.99. The second-order valence-electron chi connectivity index (χ2n) is 6.22. The first-order valence-electron chi connectivity index (χ1n) is 8.74. The smallest absolute Gasteiger partial charge is 0.119 e. The van der Waals surface area contributed by atoms with E-state index in [0.717, 1.165) is 38.2 Å². The lowest BCUT2D eigenvalue weighted by Gasteiger charge is -2.26. The van der Waals surface area contributed by atoms with Crippen LogP contribution in [0.15, 0.2) is 60.7 Å². The van der Waals surface area contributed by atoms with Crippen molar-refractivity contribution in [3.05, 3.63) is 71.8 Å². The lowest BCUT2D eigenvalue weighted by atomic mass is 9.99. The van der Waals surface area contributed by atoms with Crippen LogP contribution in [0.3, 0.4) is 0 Å². The van der Waals surface area contributed by atoms with E-state index in [9.17, 15) is 0 Å². The van der Waals surface area contributed by atoms with E-state index in [-0.39, 0.29) is 0 Å². The molecule has 3 rings (SSSR count). The molecule has 1 aliphatic rings. The van der Waals surface area contributed by atoms with Crippen molar-refractivity contribution in [2.75, 3.05) is 26.2 Å². The van der Waals surface area contributed by atoms with Crippen LogP contribution in [0.5, 0.6) is 5.75 Å². The Balaban J connectivity index is 1.51. The maximum absolute atomic E-state index is 5.65. The SMILES string of the molecule is NCCCOc1ccc(CN2CC=C(c3ccccc3)CC2)cc1. The fraction of sp³-hybridized carbons (Fsp3) is 0.333. The largest absolute Gasteiger partial charge is 0.494 e. The van der Waals surface area contributed by atoms with Crippen molar-refractivity contribution in [3.63, 3.8) is 0 Å².